The number of benzene rings is 3. The summed E-state index contributed by atoms with van der Waals surface area (Å²) < 4.78 is 12.6. The fraction of sp³-hybridized carbons (Fsp3) is 0.158. The molecule has 0 fully saturated rings. The molecule has 1 heterocycles. The van der Waals surface area contributed by atoms with E-state index in [0.29, 0.717) is 19.8 Å². The molecular formula is C19H15BrO2. The summed E-state index contributed by atoms with van der Waals surface area (Å²) >= 11 is 3.69. The first-order valence-corrected chi connectivity index (χ1v) is 8.09. The number of fused-ring (bicyclic) bond motifs is 3. The maximum absolute atomic E-state index is 5.94. The minimum atomic E-state index is 0.576. The van der Waals surface area contributed by atoms with Crippen LogP contribution in [0.15, 0.2) is 59.1 Å². The summed E-state index contributed by atoms with van der Waals surface area (Å²) in [5.41, 5.74) is 3.74. The number of hydrogen-bond acceptors (Lipinski definition) is 2. The van der Waals surface area contributed by atoms with Gasteiger partial charge in [0.25, 0.3) is 0 Å². The van der Waals surface area contributed by atoms with E-state index in [2.05, 4.69) is 46.3 Å². The van der Waals surface area contributed by atoms with Crippen LogP contribution in [0.4, 0.5) is 0 Å². The van der Waals surface area contributed by atoms with Crippen LogP contribution >= 0.6 is 15.9 Å². The topological polar surface area (TPSA) is 18.5 Å². The third kappa shape index (κ3) is 2.51. The second-order valence-corrected chi connectivity index (χ2v) is 6.33. The van der Waals surface area contributed by atoms with Gasteiger partial charge in [-0.2, -0.15) is 0 Å². The number of rotatable bonds is 3. The molecule has 1 aliphatic heterocycles. The molecule has 0 saturated heterocycles. The van der Waals surface area contributed by atoms with Crippen LogP contribution in [0.5, 0.6) is 5.75 Å². The van der Waals surface area contributed by atoms with Crippen molar-refractivity contribution >= 4 is 26.7 Å². The van der Waals surface area contributed by atoms with Crippen LogP contribution in [-0.2, 0) is 24.6 Å². The zero-order valence-electron chi connectivity index (χ0n) is 12.0. The molecule has 0 radical (unpaired) electrons. The van der Waals surface area contributed by atoms with Crippen LogP contribution in [0.3, 0.4) is 0 Å². The lowest BCUT2D eigenvalue weighted by atomic mass is 10.0. The molecule has 4 rings (SSSR count). The zero-order chi connectivity index (χ0) is 14.9. The molecule has 0 unspecified atom stereocenters. The van der Waals surface area contributed by atoms with E-state index >= 15 is 0 Å². The second-order valence-electron chi connectivity index (χ2n) is 5.47. The average Bonchev–Trinajstić information content (AvgIpc) is 3.02. The van der Waals surface area contributed by atoms with Crippen molar-refractivity contribution in [1.29, 1.82) is 0 Å². The third-order valence-electron chi connectivity index (χ3n) is 4.00. The van der Waals surface area contributed by atoms with Crippen molar-refractivity contribution in [3.8, 4) is 5.75 Å². The van der Waals surface area contributed by atoms with Crippen LogP contribution in [0, 0.1) is 0 Å². The Morgan fingerprint density at radius 1 is 1.00 bits per heavy atom. The van der Waals surface area contributed by atoms with Gasteiger partial charge in [0.2, 0.25) is 0 Å². The normalized spacial score (nSPS) is 13.3. The molecule has 110 valence electrons. The highest BCUT2D eigenvalue weighted by Crippen LogP contribution is 2.36. The Morgan fingerprint density at radius 2 is 1.86 bits per heavy atom. The molecule has 0 saturated carbocycles. The first kappa shape index (κ1) is 13.8. The Kier molecular flexibility index (Phi) is 3.60. The molecule has 0 atom stereocenters. The van der Waals surface area contributed by atoms with Crippen molar-refractivity contribution < 1.29 is 9.47 Å². The van der Waals surface area contributed by atoms with Gasteiger partial charge in [0, 0.05) is 9.86 Å². The minimum absolute atomic E-state index is 0.576. The number of halogens is 1. The molecular weight excluding hydrogens is 340 g/mol. The standard InChI is InChI=1S/C19H15BrO2/c20-18-9-16(22-10-13-4-2-1-3-5-13)8-14-6-7-15-11-21-12-17(15)19(14)18/h1-9H,10-12H2. The summed E-state index contributed by atoms with van der Waals surface area (Å²) in [7, 11) is 0. The molecule has 2 nitrogen and oxygen atoms in total. The summed E-state index contributed by atoms with van der Waals surface area (Å²) in [6.45, 7) is 1.98. The van der Waals surface area contributed by atoms with Crippen LogP contribution < -0.4 is 4.74 Å². The first-order chi connectivity index (χ1) is 10.8. The molecule has 22 heavy (non-hydrogen) atoms. The zero-order valence-corrected chi connectivity index (χ0v) is 13.6. The Balaban J connectivity index is 1.67. The average molecular weight is 355 g/mol. The van der Waals surface area contributed by atoms with Crippen LogP contribution in [0.1, 0.15) is 16.7 Å². The van der Waals surface area contributed by atoms with E-state index < -0.39 is 0 Å². The van der Waals surface area contributed by atoms with Crippen LogP contribution in [0.2, 0.25) is 0 Å². The minimum Gasteiger partial charge on any atom is -0.489 e. The lowest BCUT2D eigenvalue weighted by Gasteiger charge is -2.11. The van der Waals surface area contributed by atoms with Gasteiger partial charge in [-0.05, 0) is 34.2 Å². The first-order valence-electron chi connectivity index (χ1n) is 7.30. The van der Waals surface area contributed by atoms with Gasteiger partial charge in [-0.25, -0.2) is 0 Å². The van der Waals surface area contributed by atoms with Crippen molar-refractivity contribution in [1.82, 2.24) is 0 Å². The van der Waals surface area contributed by atoms with Gasteiger partial charge in [-0.3, -0.25) is 0 Å². The molecule has 0 aromatic heterocycles. The molecule has 0 N–H and O–H groups in total. The van der Waals surface area contributed by atoms with Crippen molar-refractivity contribution in [2.45, 2.75) is 19.8 Å². The Bertz CT molecular complexity index is 828. The van der Waals surface area contributed by atoms with Gasteiger partial charge in [-0.1, -0.05) is 58.4 Å². The quantitative estimate of drug-likeness (QED) is 0.642. The lowest BCUT2D eigenvalue weighted by molar-refractivity contribution is 0.135. The van der Waals surface area contributed by atoms with E-state index in [0.717, 1.165) is 10.2 Å². The fourth-order valence-corrected chi connectivity index (χ4v) is 3.58. The Labute approximate surface area is 137 Å². The van der Waals surface area contributed by atoms with Gasteiger partial charge < -0.3 is 9.47 Å². The number of hydrogen-bond donors (Lipinski definition) is 0. The van der Waals surface area contributed by atoms with Crippen molar-refractivity contribution in [3.63, 3.8) is 0 Å². The van der Waals surface area contributed by atoms with E-state index in [4.69, 9.17) is 9.47 Å². The van der Waals surface area contributed by atoms with Gasteiger partial charge in [-0.15, -0.1) is 0 Å². The maximum atomic E-state index is 5.94. The molecule has 0 amide bonds. The molecule has 3 heteroatoms. The molecule has 3 aromatic rings. The predicted octanol–water partition coefficient (Wildman–Crippen LogP) is 5.21. The highest BCUT2D eigenvalue weighted by Gasteiger charge is 2.16. The maximum Gasteiger partial charge on any atom is 0.121 e. The molecule has 0 spiro atoms. The Hall–Kier alpha value is -1.84. The van der Waals surface area contributed by atoms with Crippen molar-refractivity contribution in [3.05, 3.63) is 75.8 Å². The van der Waals surface area contributed by atoms with E-state index in [-0.39, 0.29) is 0 Å². The van der Waals surface area contributed by atoms with Gasteiger partial charge in [0.1, 0.15) is 12.4 Å². The summed E-state index contributed by atoms with van der Waals surface area (Å²) in [4.78, 5) is 0. The Morgan fingerprint density at radius 3 is 2.73 bits per heavy atom. The van der Waals surface area contributed by atoms with E-state index in [1.165, 1.54) is 27.5 Å². The molecule has 0 bridgehead atoms. The summed E-state index contributed by atoms with van der Waals surface area (Å²) in [6.07, 6.45) is 0. The lowest BCUT2D eigenvalue weighted by Crippen LogP contribution is -1.96. The van der Waals surface area contributed by atoms with Crippen LogP contribution in [-0.4, -0.2) is 0 Å². The van der Waals surface area contributed by atoms with Gasteiger partial charge in [0.05, 0.1) is 13.2 Å². The van der Waals surface area contributed by atoms with Gasteiger partial charge in [0.15, 0.2) is 0 Å². The fourth-order valence-electron chi connectivity index (χ4n) is 2.89. The summed E-state index contributed by atoms with van der Waals surface area (Å²) in [5, 5.41) is 2.42. The van der Waals surface area contributed by atoms with Crippen LogP contribution in [0.25, 0.3) is 10.8 Å². The molecule has 1 aliphatic rings. The largest absolute Gasteiger partial charge is 0.489 e. The van der Waals surface area contributed by atoms with Crippen molar-refractivity contribution in [2.75, 3.05) is 0 Å². The highest BCUT2D eigenvalue weighted by atomic mass is 79.9. The van der Waals surface area contributed by atoms with Gasteiger partial charge >= 0.3 is 0 Å². The van der Waals surface area contributed by atoms with E-state index in [1.54, 1.807) is 0 Å². The highest BCUT2D eigenvalue weighted by molar-refractivity contribution is 9.10. The second kappa shape index (κ2) is 5.75. The SMILES string of the molecule is Brc1cc(OCc2ccccc2)cc2ccc3c(c12)COC3. The molecule has 0 aliphatic carbocycles. The smallest absolute Gasteiger partial charge is 0.121 e. The summed E-state index contributed by atoms with van der Waals surface area (Å²) in [6, 6.07) is 18.6. The molecule has 3 aromatic carbocycles. The summed E-state index contributed by atoms with van der Waals surface area (Å²) in [5.74, 6) is 0.877. The monoisotopic (exact) mass is 354 g/mol. The predicted molar refractivity (Wildman–Crippen MR) is 90.9 cm³/mol. The van der Waals surface area contributed by atoms with Crippen molar-refractivity contribution in [2.24, 2.45) is 0 Å². The third-order valence-corrected chi connectivity index (χ3v) is 4.63. The number of ether oxygens (including phenoxy) is 2. The van der Waals surface area contributed by atoms with E-state index in [9.17, 15) is 0 Å². The van der Waals surface area contributed by atoms with E-state index in [1.807, 2.05) is 24.3 Å².